The number of nitrogens with zero attached hydrogens (tertiary/aromatic N) is 3. The van der Waals surface area contributed by atoms with Crippen LogP contribution in [-0.4, -0.2) is 71.4 Å². The number of carbonyl (C=O) groups excluding carboxylic acids is 2. The molecule has 0 saturated carbocycles. The molecule has 3 rings (SSSR count). The van der Waals surface area contributed by atoms with Crippen molar-refractivity contribution in [2.24, 2.45) is 0 Å². The summed E-state index contributed by atoms with van der Waals surface area (Å²) in [6, 6.07) is 7.55. The number of benzene rings is 1. The maximum Gasteiger partial charge on any atom is 0.238 e. The van der Waals surface area contributed by atoms with Crippen LogP contribution in [0.4, 0.5) is 0 Å². The molecule has 1 aliphatic rings. The highest BCUT2D eigenvalue weighted by molar-refractivity contribution is 5.83. The number of piperazine rings is 1. The van der Waals surface area contributed by atoms with Crippen molar-refractivity contribution in [2.45, 2.75) is 18.9 Å². The van der Waals surface area contributed by atoms with Crippen molar-refractivity contribution in [2.75, 3.05) is 33.7 Å². The van der Waals surface area contributed by atoms with Crippen molar-refractivity contribution in [3.63, 3.8) is 0 Å². The Balaban J connectivity index is 1.59. The third-order valence-corrected chi connectivity index (χ3v) is 4.56. The van der Waals surface area contributed by atoms with Crippen LogP contribution in [0.3, 0.4) is 0 Å². The Bertz CT molecular complexity index is 708. The summed E-state index contributed by atoms with van der Waals surface area (Å²) in [6.07, 6.45) is 0.967. The molecule has 0 unspecified atom stereocenters. The molecule has 0 radical (unpaired) electrons. The molecule has 2 aromatic rings. The fourth-order valence-electron chi connectivity index (χ4n) is 3.06. The second-order valence-corrected chi connectivity index (χ2v) is 6.15. The highest BCUT2D eigenvalue weighted by Crippen LogP contribution is 2.13. The summed E-state index contributed by atoms with van der Waals surface area (Å²) in [6.45, 7) is 1.80. The van der Waals surface area contributed by atoms with Crippen LogP contribution in [0.2, 0.25) is 0 Å². The number of hydrogen-bond acceptors (Lipinski definition) is 4. The molecular formula is C17H23N5O2. The summed E-state index contributed by atoms with van der Waals surface area (Å²) < 4.78 is 0. The summed E-state index contributed by atoms with van der Waals surface area (Å²) in [5.41, 5.74) is 1.90. The molecule has 128 valence electrons. The van der Waals surface area contributed by atoms with Crippen LogP contribution in [0.1, 0.15) is 12.2 Å². The second kappa shape index (κ2) is 7.00. The first-order chi connectivity index (χ1) is 11.6. The van der Waals surface area contributed by atoms with E-state index >= 15 is 0 Å². The molecule has 7 nitrogen and oxygen atoms in total. The maximum absolute atomic E-state index is 12.5. The monoisotopic (exact) mass is 329 g/mol. The van der Waals surface area contributed by atoms with Gasteiger partial charge in [0.25, 0.3) is 0 Å². The summed E-state index contributed by atoms with van der Waals surface area (Å²) in [5.74, 6) is 0.839. The Hall–Kier alpha value is -2.41. The summed E-state index contributed by atoms with van der Waals surface area (Å²) in [4.78, 5) is 35.9. The van der Waals surface area contributed by atoms with Crippen molar-refractivity contribution in [3.05, 3.63) is 30.1 Å². The van der Waals surface area contributed by atoms with Gasteiger partial charge in [0, 0.05) is 39.5 Å². The Morgan fingerprint density at radius 3 is 2.88 bits per heavy atom. The number of likely N-dealkylation sites (N-methyl/N-ethyl adjacent to an activating group) is 2. The number of hydrogen-bond donors (Lipinski definition) is 2. The zero-order valence-electron chi connectivity index (χ0n) is 14.1. The SMILES string of the molecule is CNC(=O)[C@@H]1CN(C(=O)CCc2nc3ccccc3[nH]2)CCN1C. The van der Waals surface area contributed by atoms with Gasteiger partial charge in [0.15, 0.2) is 0 Å². The van der Waals surface area contributed by atoms with Gasteiger partial charge in [-0.1, -0.05) is 12.1 Å². The van der Waals surface area contributed by atoms with Gasteiger partial charge in [-0.05, 0) is 19.2 Å². The average molecular weight is 329 g/mol. The quantitative estimate of drug-likeness (QED) is 0.850. The minimum absolute atomic E-state index is 0.0488. The number of imidazole rings is 1. The summed E-state index contributed by atoms with van der Waals surface area (Å²) >= 11 is 0. The number of amides is 2. The molecule has 24 heavy (non-hydrogen) atoms. The number of H-pyrrole nitrogens is 1. The first-order valence-electron chi connectivity index (χ1n) is 8.21. The van der Waals surface area contributed by atoms with E-state index in [1.165, 1.54) is 0 Å². The van der Waals surface area contributed by atoms with Crippen LogP contribution in [0.15, 0.2) is 24.3 Å². The van der Waals surface area contributed by atoms with Crippen molar-refractivity contribution in [3.8, 4) is 0 Å². The van der Waals surface area contributed by atoms with E-state index in [9.17, 15) is 9.59 Å². The molecule has 0 bridgehead atoms. The molecule has 1 aromatic heterocycles. The highest BCUT2D eigenvalue weighted by Gasteiger charge is 2.31. The Kier molecular flexibility index (Phi) is 4.80. The molecule has 0 aliphatic carbocycles. The minimum Gasteiger partial charge on any atom is -0.358 e. The van der Waals surface area contributed by atoms with E-state index < -0.39 is 0 Å². The number of para-hydroxylation sites is 2. The largest absolute Gasteiger partial charge is 0.358 e. The van der Waals surface area contributed by atoms with Crippen LogP contribution >= 0.6 is 0 Å². The van der Waals surface area contributed by atoms with Crippen LogP contribution in [0.25, 0.3) is 11.0 Å². The standard InChI is InChI=1S/C17H23N5O2/c1-18-17(24)14-11-22(10-9-21(14)2)16(23)8-7-15-19-12-5-3-4-6-13(12)20-15/h3-6,14H,7-11H2,1-2H3,(H,18,24)(H,19,20)/t14-/m0/s1. The van der Waals surface area contributed by atoms with Crippen molar-refractivity contribution < 1.29 is 9.59 Å². The van der Waals surface area contributed by atoms with Crippen LogP contribution in [0.5, 0.6) is 0 Å². The number of nitrogens with one attached hydrogen (secondary N) is 2. The number of carbonyl (C=O) groups is 2. The van der Waals surface area contributed by atoms with Gasteiger partial charge in [0.05, 0.1) is 11.0 Å². The molecule has 1 aliphatic heterocycles. The van der Waals surface area contributed by atoms with Crippen LogP contribution < -0.4 is 5.32 Å². The molecule has 2 N–H and O–H groups in total. The van der Waals surface area contributed by atoms with Crippen molar-refractivity contribution >= 4 is 22.8 Å². The lowest BCUT2D eigenvalue weighted by Crippen LogP contribution is -2.58. The van der Waals surface area contributed by atoms with Gasteiger partial charge in [-0.15, -0.1) is 0 Å². The van der Waals surface area contributed by atoms with E-state index in [4.69, 9.17) is 0 Å². The van der Waals surface area contributed by atoms with Crippen LogP contribution in [-0.2, 0) is 16.0 Å². The first kappa shape index (κ1) is 16.4. The third-order valence-electron chi connectivity index (χ3n) is 4.56. The predicted molar refractivity (Wildman–Crippen MR) is 91.5 cm³/mol. The first-order valence-corrected chi connectivity index (χ1v) is 8.21. The van der Waals surface area contributed by atoms with Crippen molar-refractivity contribution in [1.82, 2.24) is 25.1 Å². The number of rotatable bonds is 4. The van der Waals surface area contributed by atoms with Gasteiger partial charge < -0.3 is 15.2 Å². The van der Waals surface area contributed by atoms with E-state index in [0.717, 1.165) is 16.9 Å². The molecule has 0 spiro atoms. The van der Waals surface area contributed by atoms with E-state index in [1.807, 2.05) is 36.2 Å². The molecular weight excluding hydrogens is 306 g/mol. The lowest BCUT2D eigenvalue weighted by atomic mass is 10.1. The number of aryl methyl sites for hydroxylation is 1. The lowest BCUT2D eigenvalue weighted by Gasteiger charge is -2.38. The summed E-state index contributed by atoms with van der Waals surface area (Å²) in [5, 5.41) is 2.66. The molecule has 2 amide bonds. The third kappa shape index (κ3) is 3.41. The lowest BCUT2D eigenvalue weighted by molar-refractivity contribution is -0.137. The van der Waals surface area contributed by atoms with E-state index in [0.29, 0.717) is 32.5 Å². The minimum atomic E-state index is -0.279. The highest BCUT2D eigenvalue weighted by atomic mass is 16.2. The zero-order chi connectivity index (χ0) is 17.1. The van der Waals surface area contributed by atoms with Crippen molar-refractivity contribution in [1.29, 1.82) is 0 Å². The molecule has 7 heteroatoms. The van der Waals surface area contributed by atoms with Gasteiger partial charge in [-0.2, -0.15) is 0 Å². The topological polar surface area (TPSA) is 81.3 Å². The van der Waals surface area contributed by atoms with E-state index in [2.05, 4.69) is 15.3 Å². The van der Waals surface area contributed by atoms with Gasteiger partial charge >= 0.3 is 0 Å². The predicted octanol–water partition coefficient (Wildman–Crippen LogP) is 0.384. The fraction of sp³-hybridized carbons (Fsp3) is 0.471. The smallest absolute Gasteiger partial charge is 0.238 e. The average Bonchev–Trinajstić information content (AvgIpc) is 3.02. The van der Waals surface area contributed by atoms with E-state index in [-0.39, 0.29) is 17.9 Å². The number of fused-ring (bicyclic) bond motifs is 1. The second-order valence-electron chi connectivity index (χ2n) is 6.15. The fourth-order valence-corrected chi connectivity index (χ4v) is 3.06. The van der Waals surface area contributed by atoms with Gasteiger partial charge in [0.2, 0.25) is 11.8 Å². The Labute approximate surface area is 141 Å². The zero-order valence-corrected chi connectivity index (χ0v) is 14.1. The molecule has 1 atom stereocenters. The van der Waals surface area contributed by atoms with Gasteiger partial charge in [-0.25, -0.2) is 4.98 Å². The number of aromatic nitrogens is 2. The summed E-state index contributed by atoms with van der Waals surface area (Å²) in [7, 11) is 3.54. The molecule has 1 aromatic carbocycles. The number of aromatic amines is 1. The Morgan fingerprint density at radius 2 is 2.12 bits per heavy atom. The van der Waals surface area contributed by atoms with E-state index in [1.54, 1.807) is 11.9 Å². The van der Waals surface area contributed by atoms with Gasteiger partial charge in [0.1, 0.15) is 11.9 Å². The molecule has 2 heterocycles. The normalized spacial score (nSPS) is 18.8. The van der Waals surface area contributed by atoms with Gasteiger partial charge in [-0.3, -0.25) is 14.5 Å². The van der Waals surface area contributed by atoms with Crippen LogP contribution in [0, 0.1) is 0 Å². The molecule has 1 fully saturated rings. The Morgan fingerprint density at radius 1 is 1.33 bits per heavy atom. The maximum atomic E-state index is 12.5. The molecule has 1 saturated heterocycles.